The number of nitrogens with one attached hydrogen (secondary N) is 2. The summed E-state index contributed by atoms with van der Waals surface area (Å²) >= 11 is 0. The molecule has 3 aromatic heterocycles. The van der Waals surface area contributed by atoms with Gasteiger partial charge in [-0.1, -0.05) is 12.1 Å². The molecule has 3 heterocycles. The number of oxazole rings is 1. The number of pyridine rings is 1. The monoisotopic (exact) mass is 334 g/mol. The van der Waals surface area contributed by atoms with Crippen LogP contribution >= 0.6 is 0 Å². The molecule has 0 fully saturated rings. The van der Waals surface area contributed by atoms with Crippen molar-refractivity contribution in [3.63, 3.8) is 0 Å². The fraction of sp³-hybridized carbons (Fsp3) is 0.167. The largest absolute Gasteiger partial charge is 0.436 e. The molecular formula is C18H18N6O. The Balaban J connectivity index is 1.79. The van der Waals surface area contributed by atoms with Gasteiger partial charge in [0.05, 0.1) is 11.8 Å². The molecule has 1 aromatic carbocycles. The number of aromatic nitrogens is 4. The number of benzene rings is 1. The van der Waals surface area contributed by atoms with E-state index in [0.717, 1.165) is 46.6 Å². The molecule has 0 amide bonds. The molecule has 0 atom stereocenters. The van der Waals surface area contributed by atoms with Gasteiger partial charge in [0.15, 0.2) is 5.58 Å². The summed E-state index contributed by atoms with van der Waals surface area (Å²) in [5.74, 6) is 1.27. The summed E-state index contributed by atoms with van der Waals surface area (Å²) < 4.78 is 5.93. The molecule has 4 N–H and O–H groups in total. The van der Waals surface area contributed by atoms with Gasteiger partial charge >= 0.3 is 0 Å². The van der Waals surface area contributed by atoms with Crippen LogP contribution in [-0.2, 0) is 0 Å². The van der Waals surface area contributed by atoms with Crippen LogP contribution in [0.15, 0.2) is 53.3 Å². The first kappa shape index (κ1) is 15.3. The number of H-pyrrole nitrogens is 1. The molecule has 0 spiro atoms. The molecule has 0 aliphatic carbocycles. The van der Waals surface area contributed by atoms with Crippen LogP contribution in [0.25, 0.3) is 33.7 Å². The van der Waals surface area contributed by atoms with Crippen molar-refractivity contribution in [2.75, 3.05) is 18.4 Å². The topological polar surface area (TPSA) is 106 Å². The zero-order valence-electron chi connectivity index (χ0n) is 13.6. The van der Waals surface area contributed by atoms with Crippen molar-refractivity contribution < 1.29 is 4.42 Å². The van der Waals surface area contributed by atoms with E-state index in [1.165, 1.54) is 0 Å². The maximum Gasteiger partial charge on any atom is 0.231 e. The Bertz CT molecular complexity index is 943. The highest BCUT2D eigenvalue weighted by Crippen LogP contribution is 2.32. The van der Waals surface area contributed by atoms with Crippen molar-refractivity contribution in [2.45, 2.75) is 6.42 Å². The average Bonchev–Trinajstić information content (AvgIpc) is 3.31. The van der Waals surface area contributed by atoms with E-state index < -0.39 is 0 Å². The summed E-state index contributed by atoms with van der Waals surface area (Å²) in [5, 5.41) is 10.1. The minimum Gasteiger partial charge on any atom is -0.436 e. The van der Waals surface area contributed by atoms with E-state index in [0.29, 0.717) is 12.4 Å². The Morgan fingerprint density at radius 3 is 2.88 bits per heavy atom. The normalized spacial score (nSPS) is 11.1. The van der Waals surface area contributed by atoms with Crippen molar-refractivity contribution in [3.8, 4) is 22.6 Å². The lowest BCUT2D eigenvalue weighted by molar-refractivity contribution is 0.619. The standard InChI is InChI=1S/C18H18N6O/c19-6-3-7-20-17-14(8-12(9-21-17)13-10-22-23-11-13)18-24-15-4-1-2-5-16(15)25-18/h1-2,4-5,8-11H,3,6-7,19H2,(H,20,21)(H,22,23). The molecule has 0 bridgehead atoms. The van der Waals surface area contributed by atoms with Gasteiger partial charge in [-0.05, 0) is 31.2 Å². The number of anilines is 1. The third-order valence-corrected chi connectivity index (χ3v) is 3.92. The van der Waals surface area contributed by atoms with Crippen molar-refractivity contribution in [1.82, 2.24) is 20.2 Å². The Kier molecular flexibility index (Phi) is 4.14. The highest BCUT2D eigenvalue weighted by Gasteiger charge is 2.15. The smallest absolute Gasteiger partial charge is 0.231 e. The van der Waals surface area contributed by atoms with Crippen LogP contribution in [0.5, 0.6) is 0 Å². The lowest BCUT2D eigenvalue weighted by atomic mass is 10.1. The number of hydrogen-bond donors (Lipinski definition) is 3. The number of hydrogen-bond acceptors (Lipinski definition) is 6. The molecule has 4 aromatic rings. The number of nitrogens with two attached hydrogens (primary N) is 1. The maximum absolute atomic E-state index is 5.93. The third kappa shape index (κ3) is 3.09. The quantitative estimate of drug-likeness (QED) is 0.468. The van der Waals surface area contributed by atoms with Gasteiger partial charge in [-0.15, -0.1) is 0 Å². The van der Waals surface area contributed by atoms with Gasteiger partial charge < -0.3 is 15.5 Å². The molecule has 0 aliphatic rings. The van der Waals surface area contributed by atoms with Gasteiger partial charge in [0.25, 0.3) is 0 Å². The van der Waals surface area contributed by atoms with Crippen LogP contribution in [-0.4, -0.2) is 33.3 Å². The molecule has 7 heteroatoms. The van der Waals surface area contributed by atoms with E-state index in [-0.39, 0.29) is 0 Å². The third-order valence-electron chi connectivity index (χ3n) is 3.92. The van der Waals surface area contributed by atoms with E-state index >= 15 is 0 Å². The van der Waals surface area contributed by atoms with Crippen molar-refractivity contribution in [3.05, 3.63) is 48.9 Å². The number of rotatable bonds is 6. The van der Waals surface area contributed by atoms with Gasteiger partial charge in [-0.3, -0.25) is 5.10 Å². The fourth-order valence-electron chi connectivity index (χ4n) is 2.63. The first-order chi connectivity index (χ1) is 12.3. The molecule has 126 valence electrons. The summed E-state index contributed by atoms with van der Waals surface area (Å²) in [6.45, 7) is 1.36. The minimum absolute atomic E-state index is 0.536. The second-order valence-corrected chi connectivity index (χ2v) is 5.66. The van der Waals surface area contributed by atoms with Crippen molar-refractivity contribution in [2.24, 2.45) is 5.73 Å². The molecule has 4 rings (SSSR count). The summed E-state index contributed by atoms with van der Waals surface area (Å²) in [4.78, 5) is 9.16. The average molecular weight is 334 g/mol. The van der Waals surface area contributed by atoms with Crippen LogP contribution in [0.1, 0.15) is 6.42 Å². The van der Waals surface area contributed by atoms with Gasteiger partial charge in [0.2, 0.25) is 5.89 Å². The molecule has 25 heavy (non-hydrogen) atoms. The number of para-hydroxylation sites is 2. The van der Waals surface area contributed by atoms with E-state index in [9.17, 15) is 0 Å². The number of aromatic amines is 1. The Morgan fingerprint density at radius 2 is 2.08 bits per heavy atom. The molecule has 0 saturated carbocycles. The van der Waals surface area contributed by atoms with Crippen LogP contribution < -0.4 is 11.1 Å². The van der Waals surface area contributed by atoms with Gasteiger partial charge in [0.1, 0.15) is 11.3 Å². The van der Waals surface area contributed by atoms with E-state index in [2.05, 4.69) is 25.5 Å². The molecule has 0 aliphatic heterocycles. The van der Waals surface area contributed by atoms with Crippen LogP contribution in [0.2, 0.25) is 0 Å². The van der Waals surface area contributed by atoms with Crippen LogP contribution in [0.3, 0.4) is 0 Å². The lowest BCUT2D eigenvalue weighted by Gasteiger charge is -2.10. The molecule has 0 saturated heterocycles. The van der Waals surface area contributed by atoms with E-state index in [1.807, 2.05) is 42.7 Å². The highest BCUT2D eigenvalue weighted by atomic mass is 16.3. The van der Waals surface area contributed by atoms with Crippen LogP contribution in [0, 0.1) is 0 Å². The van der Waals surface area contributed by atoms with E-state index in [4.69, 9.17) is 10.2 Å². The van der Waals surface area contributed by atoms with Gasteiger partial charge in [-0.2, -0.15) is 5.10 Å². The molecule has 0 radical (unpaired) electrons. The number of nitrogens with zero attached hydrogens (tertiary/aromatic N) is 3. The Labute approximate surface area is 144 Å². The molecule has 7 nitrogen and oxygen atoms in total. The zero-order chi connectivity index (χ0) is 17.1. The van der Waals surface area contributed by atoms with Crippen molar-refractivity contribution >= 4 is 16.9 Å². The molecular weight excluding hydrogens is 316 g/mol. The van der Waals surface area contributed by atoms with Gasteiger partial charge in [0, 0.05) is 30.1 Å². The first-order valence-electron chi connectivity index (χ1n) is 8.14. The minimum atomic E-state index is 0.536. The zero-order valence-corrected chi connectivity index (χ0v) is 13.6. The van der Waals surface area contributed by atoms with Crippen LogP contribution in [0.4, 0.5) is 5.82 Å². The highest BCUT2D eigenvalue weighted by molar-refractivity contribution is 5.81. The van der Waals surface area contributed by atoms with E-state index in [1.54, 1.807) is 6.20 Å². The molecule has 0 unspecified atom stereocenters. The lowest BCUT2D eigenvalue weighted by Crippen LogP contribution is -2.10. The predicted octanol–water partition coefficient (Wildman–Crippen LogP) is 3.04. The summed E-state index contributed by atoms with van der Waals surface area (Å²) in [7, 11) is 0. The first-order valence-corrected chi connectivity index (χ1v) is 8.14. The Hall–Kier alpha value is -3.19. The van der Waals surface area contributed by atoms with Crippen molar-refractivity contribution in [1.29, 1.82) is 0 Å². The summed E-state index contributed by atoms with van der Waals surface area (Å²) in [6, 6.07) is 9.71. The summed E-state index contributed by atoms with van der Waals surface area (Å²) in [6.07, 6.45) is 6.25. The maximum atomic E-state index is 5.93. The number of fused-ring (bicyclic) bond motifs is 1. The fourth-order valence-corrected chi connectivity index (χ4v) is 2.63. The van der Waals surface area contributed by atoms with Gasteiger partial charge in [-0.25, -0.2) is 9.97 Å². The second-order valence-electron chi connectivity index (χ2n) is 5.66. The predicted molar refractivity (Wildman–Crippen MR) is 97.0 cm³/mol. The Morgan fingerprint density at radius 1 is 1.16 bits per heavy atom. The second kappa shape index (κ2) is 6.74. The summed E-state index contributed by atoms with van der Waals surface area (Å²) in [5.41, 5.74) is 9.86. The SMILES string of the molecule is NCCCNc1ncc(-c2cn[nH]c2)cc1-c1nc2ccccc2o1.